The highest BCUT2D eigenvalue weighted by Gasteiger charge is 2.25. The van der Waals surface area contributed by atoms with Crippen molar-refractivity contribution in [3.63, 3.8) is 0 Å². The largest absolute Gasteiger partial charge is 0.489 e. The molecule has 3 aromatic rings. The van der Waals surface area contributed by atoms with Gasteiger partial charge < -0.3 is 9.84 Å². The summed E-state index contributed by atoms with van der Waals surface area (Å²) in [6.45, 7) is 2.22. The monoisotopic (exact) mass is 418 g/mol. The van der Waals surface area contributed by atoms with Gasteiger partial charge in [0.05, 0.1) is 6.42 Å². The summed E-state index contributed by atoms with van der Waals surface area (Å²) in [7, 11) is 0. The Kier molecular flexibility index (Phi) is 5.67. The van der Waals surface area contributed by atoms with E-state index in [9.17, 15) is 18.7 Å². The van der Waals surface area contributed by atoms with Crippen LogP contribution in [0.3, 0.4) is 0 Å². The Labute approximate surface area is 178 Å². The molecule has 3 nitrogen and oxygen atoms in total. The van der Waals surface area contributed by atoms with Crippen molar-refractivity contribution in [3.8, 4) is 5.75 Å². The molecule has 156 valence electrons. The molecule has 0 atom stereocenters. The number of fused-ring (bicyclic) bond motifs is 1. The molecule has 0 fully saturated rings. The van der Waals surface area contributed by atoms with Crippen molar-refractivity contribution in [2.45, 2.75) is 20.0 Å². The Hall–Kier alpha value is -3.73. The fourth-order valence-electron chi connectivity index (χ4n) is 3.71. The third kappa shape index (κ3) is 4.56. The highest BCUT2D eigenvalue weighted by molar-refractivity contribution is 6.07. The lowest BCUT2D eigenvalue weighted by Crippen LogP contribution is -1.97. The topological polar surface area (TPSA) is 46.5 Å². The first-order valence-electron chi connectivity index (χ1n) is 9.82. The lowest BCUT2D eigenvalue weighted by atomic mass is 10.00. The highest BCUT2D eigenvalue weighted by Crippen LogP contribution is 2.43. The third-order valence-electron chi connectivity index (χ3n) is 5.29. The van der Waals surface area contributed by atoms with Gasteiger partial charge in [-0.15, -0.1) is 0 Å². The fraction of sp³-hybridized carbons (Fsp3) is 0.115. The summed E-state index contributed by atoms with van der Waals surface area (Å²) in [6, 6.07) is 18.1. The molecule has 5 heteroatoms. The average Bonchev–Trinajstić information content (AvgIpc) is 2.99. The van der Waals surface area contributed by atoms with Gasteiger partial charge in [0.15, 0.2) is 0 Å². The van der Waals surface area contributed by atoms with Crippen LogP contribution in [-0.4, -0.2) is 11.1 Å². The number of halogens is 2. The third-order valence-corrected chi connectivity index (χ3v) is 5.29. The highest BCUT2D eigenvalue weighted by atomic mass is 19.1. The van der Waals surface area contributed by atoms with E-state index in [2.05, 4.69) is 0 Å². The number of ether oxygens (including phenoxy) is 1. The van der Waals surface area contributed by atoms with Gasteiger partial charge in [-0.25, -0.2) is 8.78 Å². The minimum Gasteiger partial charge on any atom is -0.489 e. The van der Waals surface area contributed by atoms with Gasteiger partial charge in [-0.2, -0.15) is 0 Å². The lowest BCUT2D eigenvalue weighted by molar-refractivity contribution is -0.135. The number of carboxylic acids is 1. The number of rotatable bonds is 6. The van der Waals surface area contributed by atoms with E-state index in [1.165, 1.54) is 24.3 Å². The Balaban J connectivity index is 1.57. The standard InChI is InChI=1S/C26H20F2O3/c1-16-23(22-11-8-20(28)13-25(22)24(16)14-26(29)30)12-17-2-4-18(5-3-17)15-31-21-9-6-19(27)7-10-21/h2-13H,14-15H2,1H3,(H,29,30)/b23-12-. The van der Waals surface area contributed by atoms with Gasteiger partial charge in [0.25, 0.3) is 0 Å². The van der Waals surface area contributed by atoms with Gasteiger partial charge in [0.1, 0.15) is 24.0 Å². The molecular formula is C26H20F2O3. The molecular weight excluding hydrogens is 398 g/mol. The van der Waals surface area contributed by atoms with Crippen molar-refractivity contribution >= 4 is 23.2 Å². The molecule has 0 unspecified atom stereocenters. The van der Waals surface area contributed by atoms with Crippen molar-refractivity contribution in [2.24, 2.45) is 0 Å². The van der Waals surface area contributed by atoms with Crippen molar-refractivity contribution in [2.75, 3.05) is 0 Å². The van der Waals surface area contributed by atoms with Crippen LogP contribution in [0.2, 0.25) is 0 Å². The quantitative estimate of drug-likeness (QED) is 0.508. The van der Waals surface area contributed by atoms with Crippen LogP contribution in [0.15, 0.2) is 72.3 Å². The number of allylic oxidation sites excluding steroid dienone is 2. The van der Waals surface area contributed by atoms with Crippen molar-refractivity contribution < 1.29 is 23.4 Å². The van der Waals surface area contributed by atoms with E-state index in [4.69, 9.17) is 4.74 Å². The van der Waals surface area contributed by atoms with Crippen molar-refractivity contribution in [3.05, 3.63) is 106 Å². The molecule has 1 N–H and O–H groups in total. The van der Waals surface area contributed by atoms with E-state index in [1.54, 1.807) is 18.2 Å². The summed E-state index contributed by atoms with van der Waals surface area (Å²) in [5.41, 5.74) is 5.73. The summed E-state index contributed by atoms with van der Waals surface area (Å²) in [6.07, 6.45) is 1.82. The smallest absolute Gasteiger partial charge is 0.307 e. The van der Waals surface area contributed by atoms with Gasteiger partial charge in [-0.3, -0.25) is 4.79 Å². The predicted octanol–water partition coefficient (Wildman–Crippen LogP) is 6.35. The van der Waals surface area contributed by atoms with E-state index < -0.39 is 5.97 Å². The number of benzene rings is 3. The van der Waals surface area contributed by atoms with Gasteiger partial charge >= 0.3 is 5.97 Å². The zero-order valence-electron chi connectivity index (χ0n) is 16.9. The second-order valence-corrected chi connectivity index (χ2v) is 7.41. The molecule has 0 saturated carbocycles. The molecule has 1 aliphatic carbocycles. The molecule has 0 aliphatic heterocycles. The Bertz CT molecular complexity index is 1190. The first-order valence-corrected chi connectivity index (χ1v) is 9.82. The summed E-state index contributed by atoms with van der Waals surface area (Å²) in [5, 5.41) is 9.26. The molecule has 4 rings (SSSR count). The minimum absolute atomic E-state index is 0.153. The normalized spacial score (nSPS) is 14.1. The molecule has 0 saturated heterocycles. The van der Waals surface area contributed by atoms with Crippen LogP contribution in [0.5, 0.6) is 5.75 Å². The van der Waals surface area contributed by atoms with Crippen LogP contribution >= 0.6 is 0 Å². The zero-order chi connectivity index (χ0) is 22.0. The zero-order valence-corrected chi connectivity index (χ0v) is 16.9. The van der Waals surface area contributed by atoms with Gasteiger partial charge in [-0.05, 0) is 88.4 Å². The van der Waals surface area contributed by atoms with E-state index in [1.807, 2.05) is 37.3 Å². The van der Waals surface area contributed by atoms with Gasteiger partial charge in [-0.1, -0.05) is 30.3 Å². The van der Waals surface area contributed by atoms with E-state index in [0.717, 1.165) is 27.8 Å². The summed E-state index contributed by atoms with van der Waals surface area (Å²) in [4.78, 5) is 11.3. The first kappa shape index (κ1) is 20.5. The predicted molar refractivity (Wildman–Crippen MR) is 116 cm³/mol. The maximum absolute atomic E-state index is 13.8. The Morgan fingerprint density at radius 1 is 0.935 bits per heavy atom. The number of aliphatic carboxylic acids is 1. The van der Waals surface area contributed by atoms with Crippen LogP contribution < -0.4 is 4.74 Å². The molecule has 0 bridgehead atoms. The minimum atomic E-state index is -0.948. The number of hydrogen-bond donors (Lipinski definition) is 1. The van der Waals surface area contributed by atoms with E-state index in [-0.39, 0.29) is 18.1 Å². The number of carboxylic acid groups (broad SMARTS) is 1. The summed E-state index contributed by atoms with van der Waals surface area (Å²) in [5.74, 6) is -1.05. The molecule has 0 spiro atoms. The van der Waals surface area contributed by atoms with Crippen LogP contribution in [0.1, 0.15) is 35.6 Å². The van der Waals surface area contributed by atoms with Crippen LogP contribution in [0.25, 0.3) is 17.2 Å². The molecule has 0 radical (unpaired) electrons. The Morgan fingerprint density at radius 3 is 2.29 bits per heavy atom. The first-order chi connectivity index (χ1) is 14.9. The van der Waals surface area contributed by atoms with Gasteiger partial charge in [0, 0.05) is 0 Å². The maximum Gasteiger partial charge on any atom is 0.307 e. The molecule has 0 aromatic heterocycles. The molecule has 3 aromatic carbocycles. The van der Waals surface area contributed by atoms with E-state index >= 15 is 0 Å². The summed E-state index contributed by atoms with van der Waals surface area (Å²) >= 11 is 0. The maximum atomic E-state index is 13.8. The number of carbonyl (C=O) groups is 1. The van der Waals surface area contributed by atoms with Crippen molar-refractivity contribution in [1.29, 1.82) is 0 Å². The Morgan fingerprint density at radius 2 is 1.61 bits per heavy atom. The molecule has 1 aliphatic rings. The van der Waals surface area contributed by atoms with Crippen LogP contribution in [0, 0.1) is 11.6 Å². The van der Waals surface area contributed by atoms with Crippen LogP contribution in [0.4, 0.5) is 8.78 Å². The van der Waals surface area contributed by atoms with Gasteiger partial charge in [0.2, 0.25) is 0 Å². The second kappa shape index (κ2) is 8.56. The molecule has 0 amide bonds. The molecule has 0 heterocycles. The average molecular weight is 418 g/mol. The molecule has 31 heavy (non-hydrogen) atoms. The van der Waals surface area contributed by atoms with Crippen LogP contribution in [-0.2, 0) is 11.4 Å². The lowest BCUT2D eigenvalue weighted by Gasteiger charge is -2.07. The second-order valence-electron chi connectivity index (χ2n) is 7.41. The fourth-order valence-corrected chi connectivity index (χ4v) is 3.71. The van der Waals surface area contributed by atoms with Crippen molar-refractivity contribution in [1.82, 2.24) is 0 Å². The van der Waals surface area contributed by atoms with E-state index in [0.29, 0.717) is 23.5 Å². The number of hydrogen-bond acceptors (Lipinski definition) is 2. The SMILES string of the molecule is CC1=C(CC(=O)O)c2cc(F)ccc2/C1=C\c1ccc(COc2ccc(F)cc2)cc1. The summed E-state index contributed by atoms with van der Waals surface area (Å²) < 4.78 is 32.4.